The zero-order chi connectivity index (χ0) is 16.9. The molecule has 0 aliphatic heterocycles. The molecule has 0 aliphatic rings. The van der Waals surface area contributed by atoms with E-state index in [2.05, 4.69) is 15.4 Å². The Labute approximate surface area is 148 Å². The molecule has 0 unspecified atom stereocenters. The van der Waals surface area contributed by atoms with Crippen molar-refractivity contribution in [3.63, 3.8) is 0 Å². The molecule has 7 heteroatoms. The van der Waals surface area contributed by atoms with Gasteiger partial charge in [0, 0.05) is 22.5 Å². The molecule has 1 aromatic carbocycles. The molecule has 122 valence electrons. The van der Waals surface area contributed by atoms with Crippen molar-refractivity contribution in [2.45, 2.75) is 13.5 Å². The SMILES string of the molecule is Cc1nc(C=CC(=O)Nc2ccnn2Cc2ccccc2Cl)cs1. The minimum Gasteiger partial charge on any atom is -0.307 e. The Morgan fingerprint density at radius 2 is 2.21 bits per heavy atom. The van der Waals surface area contributed by atoms with Gasteiger partial charge in [0.15, 0.2) is 0 Å². The summed E-state index contributed by atoms with van der Waals surface area (Å²) in [5.74, 6) is 0.376. The van der Waals surface area contributed by atoms with Gasteiger partial charge in [-0.05, 0) is 24.6 Å². The lowest BCUT2D eigenvalue weighted by Crippen LogP contribution is -2.14. The Morgan fingerprint density at radius 3 is 2.96 bits per heavy atom. The Hall–Kier alpha value is -2.44. The molecule has 3 rings (SSSR count). The van der Waals surface area contributed by atoms with Crippen LogP contribution in [-0.2, 0) is 11.3 Å². The molecule has 0 spiro atoms. The van der Waals surface area contributed by atoms with Crippen molar-refractivity contribution in [2.75, 3.05) is 5.32 Å². The number of aryl methyl sites for hydroxylation is 1. The number of amides is 1. The average molecular weight is 359 g/mol. The van der Waals surface area contributed by atoms with Gasteiger partial charge in [0.05, 0.1) is 23.4 Å². The lowest BCUT2D eigenvalue weighted by molar-refractivity contribution is -0.111. The zero-order valence-electron chi connectivity index (χ0n) is 12.9. The Balaban J connectivity index is 1.68. The molecule has 5 nitrogen and oxygen atoms in total. The van der Waals surface area contributed by atoms with Gasteiger partial charge in [0.25, 0.3) is 0 Å². The molecule has 1 amide bonds. The van der Waals surface area contributed by atoms with E-state index in [1.807, 2.05) is 36.6 Å². The van der Waals surface area contributed by atoms with Crippen molar-refractivity contribution in [1.29, 1.82) is 0 Å². The molecule has 0 radical (unpaired) electrons. The van der Waals surface area contributed by atoms with Gasteiger partial charge in [-0.1, -0.05) is 29.8 Å². The normalized spacial score (nSPS) is 11.1. The van der Waals surface area contributed by atoms with Crippen LogP contribution in [0.2, 0.25) is 5.02 Å². The van der Waals surface area contributed by atoms with Gasteiger partial charge < -0.3 is 5.32 Å². The number of nitrogens with one attached hydrogen (secondary N) is 1. The third kappa shape index (κ3) is 4.10. The minimum atomic E-state index is -0.235. The second-order valence-electron chi connectivity index (χ2n) is 5.08. The highest BCUT2D eigenvalue weighted by Crippen LogP contribution is 2.18. The first-order valence-electron chi connectivity index (χ1n) is 7.28. The smallest absolute Gasteiger partial charge is 0.249 e. The van der Waals surface area contributed by atoms with Crippen LogP contribution in [-0.4, -0.2) is 20.7 Å². The molecular weight excluding hydrogens is 344 g/mol. The number of aromatic nitrogens is 3. The Bertz CT molecular complexity index is 884. The van der Waals surface area contributed by atoms with Gasteiger partial charge in [-0.25, -0.2) is 9.67 Å². The lowest BCUT2D eigenvalue weighted by atomic mass is 10.2. The molecule has 0 saturated heterocycles. The fourth-order valence-corrected chi connectivity index (χ4v) is 2.91. The summed E-state index contributed by atoms with van der Waals surface area (Å²) >= 11 is 7.72. The maximum Gasteiger partial charge on any atom is 0.249 e. The average Bonchev–Trinajstić information content (AvgIpc) is 3.17. The maximum absolute atomic E-state index is 12.1. The minimum absolute atomic E-state index is 0.235. The van der Waals surface area contributed by atoms with E-state index in [1.54, 1.807) is 34.4 Å². The summed E-state index contributed by atoms with van der Waals surface area (Å²) in [5, 5.41) is 10.6. The molecule has 2 aromatic heterocycles. The fraction of sp³-hybridized carbons (Fsp3) is 0.118. The number of hydrogen-bond acceptors (Lipinski definition) is 4. The first-order chi connectivity index (χ1) is 11.6. The predicted octanol–water partition coefficient (Wildman–Crippen LogP) is 4.00. The summed E-state index contributed by atoms with van der Waals surface area (Å²) in [7, 11) is 0. The van der Waals surface area contributed by atoms with Gasteiger partial charge in [-0.2, -0.15) is 5.10 Å². The van der Waals surface area contributed by atoms with Crippen molar-refractivity contribution in [2.24, 2.45) is 0 Å². The highest BCUT2D eigenvalue weighted by Gasteiger charge is 2.07. The number of benzene rings is 1. The Morgan fingerprint density at radius 1 is 1.38 bits per heavy atom. The van der Waals surface area contributed by atoms with E-state index in [4.69, 9.17) is 11.6 Å². The second kappa shape index (κ2) is 7.42. The number of carbonyl (C=O) groups excluding carboxylic acids is 1. The number of rotatable bonds is 5. The molecule has 0 bridgehead atoms. The summed E-state index contributed by atoms with van der Waals surface area (Å²) in [5.41, 5.74) is 1.71. The molecule has 0 saturated carbocycles. The summed E-state index contributed by atoms with van der Waals surface area (Å²) in [6.45, 7) is 2.41. The van der Waals surface area contributed by atoms with Gasteiger partial charge in [-0.3, -0.25) is 4.79 Å². The summed E-state index contributed by atoms with van der Waals surface area (Å²) < 4.78 is 1.69. The number of halogens is 1. The van der Waals surface area contributed by atoms with E-state index in [0.29, 0.717) is 17.4 Å². The molecule has 24 heavy (non-hydrogen) atoms. The number of hydrogen-bond donors (Lipinski definition) is 1. The summed E-state index contributed by atoms with van der Waals surface area (Å²) in [6.07, 6.45) is 4.79. The fourth-order valence-electron chi connectivity index (χ4n) is 2.14. The first kappa shape index (κ1) is 16.4. The molecule has 1 N–H and O–H groups in total. The van der Waals surface area contributed by atoms with E-state index >= 15 is 0 Å². The maximum atomic E-state index is 12.1. The van der Waals surface area contributed by atoms with Crippen LogP contribution in [0.25, 0.3) is 6.08 Å². The van der Waals surface area contributed by atoms with Crippen molar-refractivity contribution in [1.82, 2.24) is 14.8 Å². The van der Waals surface area contributed by atoms with Crippen LogP contribution < -0.4 is 5.32 Å². The van der Waals surface area contributed by atoms with E-state index < -0.39 is 0 Å². The number of nitrogens with zero attached hydrogens (tertiary/aromatic N) is 3. The summed E-state index contributed by atoms with van der Waals surface area (Å²) in [4.78, 5) is 16.4. The highest BCUT2D eigenvalue weighted by molar-refractivity contribution is 7.09. The number of anilines is 1. The van der Waals surface area contributed by atoms with Crippen LogP contribution in [0.1, 0.15) is 16.3 Å². The van der Waals surface area contributed by atoms with Crippen molar-refractivity contribution >= 4 is 40.7 Å². The van der Waals surface area contributed by atoms with E-state index in [0.717, 1.165) is 16.3 Å². The zero-order valence-corrected chi connectivity index (χ0v) is 14.5. The van der Waals surface area contributed by atoms with Crippen LogP contribution in [0, 0.1) is 6.92 Å². The van der Waals surface area contributed by atoms with Crippen molar-refractivity contribution in [3.8, 4) is 0 Å². The second-order valence-corrected chi connectivity index (χ2v) is 6.55. The molecule has 0 fully saturated rings. The molecule has 2 heterocycles. The van der Waals surface area contributed by atoms with E-state index in [1.165, 1.54) is 6.08 Å². The predicted molar refractivity (Wildman–Crippen MR) is 97.3 cm³/mol. The van der Waals surface area contributed by atoms with Gasteiger partial charge >= 0.3 is 0 Å². The van der Waals surface area contributed by atoms with Gasteiger partial charge in [0.1, 0.15) is 5.82 Å². The molecule has 0 aliphatic carbocycles. The van der Waals surface area contributed by atoms with Gasteiger partial charge in [0.2, 0.25) is 5.91 Å². The highest BCUT2D eigenvalue weighted by atomic mass is 35.5. The topological polar surface area (TPSA) is 59.8 Å². The molecule has 0 atom stereocenters. The van der Waals surface area contributed by atoms with Crippen molar-refractivity contribution in [3.05, 3.63) is 69.3 Å². The molecular formula is C17H15ClN4OS. The monoisotopic (exact) mass is 358 g/mol. The first-order valence-corrected chi connectivity index (χ1v) is 8.54. The van der Waals surface area contributed by atoms with Gasteiger partial charge in [-0.15, -0.1) is 11.3 Å². The third-order valence-electron chi connectivity index (χ3n) is 3.29. The Kier molecular flexibility index (Phi) is 5.08. The van der Waals surface area contributed by atoms with Crippen LogP contribution >= 0.6 is 22.9 Å². The quantitative estimate of drug-likeness (QED) is 0.701. The van der Waals surface area contributed by atoms with E-state index in [9.17, 15) is 4.79 Å². The largest absolute Gasteiger partial charge is 0.307 e. The number of thiazole rings is 1. The van der Waals surface area contributed by atoms with Crippen LogP contribution in [0.3, 0.4) is 0 Å². The van der Waals surface area contributed by atoms with E-state index in [-0.39, 0.29) is 5.91 Å². The van der Waals surface area contributed by atoms with Crippen LogP contribution in [0.15, 0.2) is 48.0 Å². The lowest BCUT2D eigenvalue weighted by Gasteiger charge is -2.09. The molecule has 3 aromatic rings. The van der Waals surface area contributed by atoms with Crippen LogP contribution in [0.5, 0.6) is 0 Å². The third-order valence-corrected chi connectivity index (χ3v) is 4.45. The van der Waals surface area contributed by atoms with Crippen molar-refractivity contribution < 1.29 is 4.79 Å². The summed E-state index contributed by atoms with van der Waals surface area (Å²) in [6, 6.07) is 9.30. The van der Waals surface area contributed by atoms with Crippen LogP contribution in [0.4, 0.5) is 5.82 Å². The standard InChI is InChI=1S/C17H15ClN4OS/c1-12-20-14(11-24-12)6-7-17(23)21-16-8-9-19-22(16)10-13-4-2-3-5-15(13)18/h2-9,11H,10H2,1H3,(H,21,23). The number of carbonyl (C=O) groups is 1.